The summed E-state index contributed by atoms with van der Waals surface area (Å²) in [5.41, 5.74) is -0.964. The van der Waals surface area contributed by atoms with Crippen molar-refractivity contribution < 1.29 is 26.0 Å². The van der Waals surface area contributed by atoms with Gasteiger partial charge in [-0.3, -0.25) is 4.72 Å². The Morgan fingerprint density at radius 2 is 1.95 bits per heavy atom. The van der Waals surface area contributed by atoms with Gasteiger partial charge in [0.2, 0.25) is 5.09 Å². The molecule has 102 valence electrons. The molecule has 0 bridgehead atoms. The third kappa shape index (κ3) is 3.05. The molecule has 0 aliphatic carbocycles. The van der Waals surface area contributed by atoms with Crippen molar-refractivity contribution in [1.82, 2.24) is 4.98 Å². The molecule has 0 saturated carbocycles. The van der Waals surface area contributed by atoms with Crippen LogP contribution in [0, 0.1) is 0 Å². The van der Waals surface area contributed by atoms with E-state index in [0.29, 0.717) is 6.20 Å². The van der Waals surface area contributed by atoms with E-state index in [-0.39, 0.29) is 10.9 Å². The molecule has 1 N–H and O–H groups in total. The van der Waals surface area contributed by atoms with E-state index < -0.39 is 21.8 Å². The van der Waals surface area contributed by atoms with E-state index in [0.717, 1.165) is 18.4 Å². The third-order valence-corrected chi connectivity index (χ3v) is 3.33. The summed E-state index contributed by atoms with van der Waals surface area (Å²) < 4.78 is 66.9. The summed E-state index contributed by atoms with van der Waals surface area (Å²) in [5.74, 6) is -0.232. The Balaban J connectivity index is 2.21. The fraction of sp³-hybridized carbons (Fsp3) is 0.100. The van der Waals surface area contributed by atoms with Gasteiger partial charge < -0.3 is 4.42 Å². The Morgan fingerprint density at radius 1 is 1.21 bits per heavy atom. The number of hydrogen-bond donors (Lipinski definition) is 1. The number of nitrogens with zero attached hydrogens (tertiary/aromatic N) is 1. The van der Waals surface area contributed by atoms with Crippen LogP contribution < -0.4 is 4.72 Å². The summed E-state index contributed by atoms with van der Waals surface area (Å²) in [6, 6.07) is 4.22. The molecule has 0 aromatic carbocycles. The van der Waals surface area contributed by atoms with Gasteiger partial charge in [-0.2, -0.15) is 21.6 Å². The quantitative estimate of drug-likeness (QED) is 0.943. The molecule has 0 spiro atoms. The first-order valence-corrected chi connectivity index (χ1v) is 6.37. The molecule has 9 heteroatoms. The van der Waals surface area contributed by atoms with Crippen molar-refractivity contribution in [2.45, 2.75) is 11.3 Å². The van der Waals surface area contributed by atoms with Crippen LogP contribution in [0.4, 0.5) is 19.0 Å². The number of nitrogens with one attached hydrogen (secondary N) is 1. The van der Waals surface area contributed by atoms with Crippen LogP contribution in [0.15, 0.2) is 46.2 Å². The molecule has 0 radical (unpaired) electrons. The second-order valence-electron chi connectivity index (χ2n) is 3.47. The number of pyridine rings is 1. The molecule has 2 aromatic rings. The van der Waals surface area contributed by atoms with E-state index >= 15 is 0 Å². The summed E-state index contributed by atoms with van der Waals surface area (Å²) in [6.07, 6.45) is -2.82. The molecule has 0 fully saturated rings. The number of rotatable bonds is 3. The molecular formula is C10H7F3N2O3S. The van der Waals surface area contributed by atoms with Crippen LogP contribution in [0.5, 0.6) is 0 Å². The first-order chi connectivity index (χ1) is 8.79. The van der Waals surface area contributed by atoms with Gasteiger partial charge in [0.1, 0.15) is 5.82 Å². The van der Waals surface area contributed by atoms with Gasteiger partial charge in [0, 0.05) is 6.20 Å². The smallest absolute Gasteiger partial charge is 0.417 e. The van der Waals surface area contributed by atoms with Gasteiger partial charge in [-0.1, -0.05) is 0 Å². The first-order valence-electron chi connectivity index (χ1n) is 4.88. The van der Waals surface area contributed by atoms with Gasteiger partial charge in [-0.05, 0) is 24.3 Å². The SMILES string of the molecule is O=S(=O)(Nc1ccc(C(F)(F)F)cn1)c1ccco1. The number of furan rings is 1. The highest BCUT2D eigenvalue weighted by molar-refractivity contribution is 7.92. The minimum atomic E-state index is -4.52. The van der Waals surface area contributed by atoms with Gasteiger partial charge in [-0.15, -0.1) is 0 Å². The second kappa shape index (κ2) is 4.57. The molecule has 19 heavy (non-hydrogen) atoms. The van der Waals surface area contributed by atoms with Crippen molar-refractivity contribution in [1.29, 1.82) is 0 Å². The minimum absolute atomic E-state index is 0.232. The Bertz CT molecular complexity index is 648. The Labute approximate surface area is 106 Å². The average molecular weight is 292 g/mol. The number of aromatic nitrogens is 1. The zero-order chi connectivity index (χ0) is 14.1. The molecule has 2 aromatic heterocycles. The number of alkyl halides is 3. The van der Waals surface area contributed by atoms with Crippen LogP contribution in [-0.4, -0.2) is 13.4 Å². The summed E-state index contributed by atoms with van der Waals surface area (Å²) in [7, 11) is -3.98. The topological polar surface area (TPSA) is 72.2 Å². The van der Waals surface area contributed by atoms with Crippen molar-refractivity contribution >= 4 is 15.8 Å². The third-order valence-electron chi connectivity index (χ3n) is 2.09. The highest BCUT2D eigenvalue weighted by Crippen LogP contribution is 2.29. The van der Waals surface area contributed by atoms with Crippen molar-refractivity contribution in [3.8, 4) is 0 Å². The summed E-state index contributed by atoms with van der Waals surface area (Å²) in [6.45, 7) is 0. The summed E-state index contributed by atoms with van der Waals surface area (Å²) >= 11 is 0. The normalized spacial score (nSPS) is 12.4. The van der Waals surface area contributed by atoms with E-state index in [2.05, 4.69) is 4.98 Å². The van der Waals surface area contributed by atoms with E-state index in [9.17, 15) is 21.6 Å². The molecule has 5 nitrogen and oxygen atoms in total. The lowest BCUT2D eigenvalue weighted by Gasteiger charge is -2.08. The molecular weight excluding hydrogens is 285 g/mol. The first kappa shape index (κ1) is 13.4. The highest BCUT2D eigenvalue weighted by atomic mass is 32.2. The maximum absolute atomic E-state index is 12.3. The molecule has 0 aliphatic heterocycles. The van der Waals surface area contributed by atoms with Crippen molar-refractivity contribution in [2.24, 2.45) is 0 Å². The molecule has 0 amide bonds. The van der Waals surface area contributed by atoms with Gasteiger partial charge in [0.25, 0.3) is 10.0 Å². The highest BCUT2D eigenvalue weighted by Gasteiger charge is 2.30. The maximum atomic E-state index is 12.3. The number of hydrogen-bond acceptors (Lipinski definition) is 4. The molecule has 0 aliphatic rings. The van der Waals surface area contributed by atoms with Crippen molar-refractivity contribution in [3.05, 3.63) is 42.3 Å². The zero-order valence-corrected chi connectivity index (χ0v) is 9.99. The summed E-state index contributed by atoms with van der Waals surface area (Å²) in [5, 5.41) is -0.353. The van der Waals surface area contributed by atoms with Crippen LogP contribution in [-0.2, 0) is 16.2 Å². The average Bonchev–Trinajstić information content (AvgIpc) is 2.82. The van der Waals surface area contributed by atoms with Crippen molar-refractivity contribution in [3.63, 3.8) is 0 Å². The predicted molar refractivity (Wildman–Crippen MR) is 58.8 cm³/mol. The largest absolute Gasteiger partial charge is 0.451 e. The van der Waals surface area contributed by atoms with E-state index in [1.807, 2.05) is 4.72 Å². The Kier molecular flexibility index (Phi) is 3.23. The van der Waals surface area contributed by atoms with Crippen molar-refractivity contribution in [2.75, 3.05) is 4.72 Å². The minimum Gasteiger partial charge on any atom is -0.451 e. The van der Waals surface area contributed by atoms with E-state index in [1.165, 1.54) is 12.1 Å². The predicted octanol–water partition coefficient (Wildman–Crippen LogP) is 2.49. The molecule has 2 rings (SSSR count). The van der Waals surface area contributed by atoms with E-state index in [4.69, 9.17) is 4.42 Å². The summed E-state index contributed by atoms with van der Waals surface area (Å²) in [4.78, 5) is 3.39. The second-order valence-corrected chi connectivity index (χ2v) is 5.08. The van der Waals surface area contributed by atoms with Crippen LogP contribution >= 0.6 is 0 Å². The van der Waals surface area contributed by atoms with Gasteiger partial charge >= 0.3 is 6.18 Å². The molecule has 0 saturated heterocycles. The number of halogens is 3. The van der Waals surface area contributed by atoms with Crippen LogP contribution in [0.25, 0.3) is 0 Å². The molecule has 0 atom stereocenters. The van der Waals surface area contributed by atoms with Crippen LogP contribution in [0.2, 0.25) is 0 Å². The van der Waals surface area contributed by atoms with Gasteiger partial charge in [0.05, 0.1) is 11.8 Å². The maximum Gasteiger partial charge on any atom is 0.417 e. The van der Waals surface area contributed by atoms with Gasteiger partial charge in [-0.25, -0.2) is 4.98 Å². The fourth-order valence-corrected chi connectivity index (χ4v) is 2.16. The lowest BCUT2D eigenvalue weighted by atomic mass is 10.3. The van der Waals surface area contributed by atoms with Gasteiger partial charge in [0.15, 0.2) is 0 Å². The molecule has 2 heterocycles. The monoisotopic (exact) mass is 292 g/mol. The molecule has 0 unspecified atom stereocenters. The lowest BCUT2D eigenvalue weighted by Crippen LogP contribution is -2.14. The standard InChI is InChI=1S/C10H7F3N2O3S/c11-10(12,13)7-3-4-8(14-6-7)15-19(16,17)9-2-1-5-18-9/h1-6H,(H,14,15). The zero-order valence-electron chi connectivity index (χ0n) is 9.18. The Morgan fingerprint density at radius 3 is 2.42 bits per heavy atom. The van der Waals surface area contributed by atoms with E-state index in [1.54, 1.807) is 0 Å². The lowest BCUT2D eigenvalue weighted by molar-refractivity contribution is -0.137. The number of sulfonamides is 1. The van der Waals surface area contributed by atoms with Crippen LogP contribution in [0.3, 0.4) is 0 Å². The van der Waals surface area contributed by atoms with Crippen LogP contribution in [0.1, 0.15) is 5.56 Å². The fourth-order valence-electron chi connectivity index (χ4n) is 1.23. The number of anilines is 1. The Hall–Kier alpha value is -2.03.